The number of aryl methyl sites for hydroxylation is 1. The number of hydrogen-bond acceptors (Lipinski definition) is 4. The van der Waals surface area contributed by atoms with Crippen LogP contribution in [0.2, 0.25) is 0 Å². The molecule has 0 aliphatic carbocycles. The molecule has 38 heavy (non-hydrogen) atoms. The zero-order valence-electron chi connectivity index (χ0n) is 21.9. The van der Waals surface area contributed by atoms with E-state index in [1.807, 2.05) is 49.4 Å². The van der Waals surface area contributed by atoms with Crippen molar-refractivity contribution in [3.63, 3.8) is 0 Å². The van der Waals surface area contributed by atoms with Gasteiger partial charge in [0.2, 0.25) is 21.8 Å². The monoisotopic (exact) mass is 539 g/mol. The molecule has 3 aromatic carbocycles. The van der Waals surface area contributed by atoms with Gasteiger partial charge in [-0.2, -0.15) is 0 Å². The van der Waals surface area contributed by atoms with E-state index < -0.39 is 21.9 Å². The molecule has 1 N–H and O–H groups in total. The van der Waals surface area contributed by atoms with E-state index in [1.54, 1.807) is 24.3 Å². The van der Waals surface area contributed by atoms with E-state index in [2.05, 4.69) is 5.32 Å². The highest BCUT2D eigenvalue weighted by Gasteiger charge is 2.30. The van der Waals surface area contributed by atoms with Crippen molar-refractivity contribution in [1.82, 2.24) is 10.2 Å². The van der Waals surface area contributed by atoms with Gasteiger partial charge in [0.1, 0.15) is 11.9 Å². The maximum absolute atomic E-state index is 13.6. The lowest BCUT2D eigenvalue weighted by atomic mass is 10.0. The van der Waals surface area contributed by atoms with Gasteiger partial charge in [-0.1, -0.05) is 60.7 Å². The molecule has 0 bridgehead atoms. The zero-order chi connectivity index (χ0) is 27.7. The Hall–Kier alpha value is -3.72. The topological polar surface area (TPSA) is 86.8 Å². The maximum Gasteiger partial charge on any atom is 0.242 e. The number of nitrogens with one attached hydrogen (secondary N) is 1. The second-order valence-corrected chi connectivity index (χ2v) is 11.1. The van der Waals surface area contributed by atoms with E-state index in [9.17, 15) is 22.4 Å². The van der Waals surface area contributed by atoms with Crippen LogP contribution >= 0.6 is 0 Å². The van der Waals surface area contributed by atoms with Gasteiger partial charge in [0.05, 0.1) is 11.9 Å². The molecule has 0 aliphatic rings. The zero-order valence-corrected chi connectivity index (χ0v) is 22.7. The number of anilines is 1. The third kappa shape index (κ3) is 7.89. The summed E-state index contributed by atoms with van der Waals surface area (Å²) in [7, 11) is -2.06. The van der Waals surface area contributed by atoms with Crippen LogP contribution < -0.4 is 9.62 Å². The number of rotatable bonds is 12. The summed E-state index contributed by atoms with van der Waals surface area (Å²) in [6.07, 6.45) is 1.73. The number of sulfonamides is 1. The van der Waals surface area contributed by atoms with E-state index in [4.69, 9.17) is 0 Å². The van der Waals surface area contributed by atoms with E-state index >= 15 is 0 Å². The minimum Gasteiger partial charge on any atom is -0.357 e. The van der Waals surface area contributed by atoms with Gasteiger partial charge in [-0.25, -0.2) is 12.8 Å². The van der Waals surface area contributed by atoms with E-state index in [0.29, 0.717) is 17.7 Å². The molecule has 0 radical (unpaired) electrons. The van der Waals surface area contributed by atoms with Crippen LogP contribution in [-0.4, -0.2) is 51.0 Å². The number of amides is 2. The van der Waals surface area contributed by atoms with Crippen LogP contribution in [0.3, 0.4) is 0 Å². The molecule has 3 rings (SSSR count). The van der Waals surface area contributed by atoms with Crippen molar-refractivity contribution in [1.29, 1.82) is 0 Å². The van der Waals surface area contributed by atoms with Crippen LogP contribution in [0, 0.1) is 12.7 Å². The molecule has 9 heteroatoms. The Kier molecular flexibility index (Phi) is 10.0. The summed E-state index contributed by atoms with van der Waals surface area (Å²) in [5.74, 6) is -1.00. The van der Waals surface area contributed by atoms with Crippen molar-refractivity contribution in [2.24, 2.45) is 0 Å². The third-order valence-electron chi connectivity index (χ3n) is 6.32. The lowest BCUT2D eigenvalue weighted by Crippen LogP contribution is -2.49. The van der Waals surface area contributed by atoms with Crippen molar-refractivity contribution in [3.8, 4) is 0 Å². The summed E-state index contributed by atoms with van der Waals surface area (Å²) >= 11 is 0. The minimum atomic E-state index is -3.58. The van der Waals surface area contributed by atoms with E-state index in [1.165, 1.54) is 28.4 Å². The van der Waals surface area contributed by atoms with Crippen molar-refractivity contribution in [2.45, 2.75) is 38.8 Å². The maximum atomic E-state index is 13.6. The van der Waals surface area contributed by atoms with Crippen molar-refractivity contribution in [2.75, 3.05) is 24.2 Å². The predicted octanol–water partition coefficient (Wildman–Crippen LogP) is 4.07. The molecule has 1 unspecified atom stereocenters. The molecule has 1 atom stereocenters. The first-order valence-electron chi connectivity index (χ1n) is 12.4. The molecule has 0 fully saturated rings. The van der Waals surface area contributed by atoms with Gasteiger partial charge < -0.3 is 10.2 Å². The first-order chi connectivity index (χ1) is 18.1. The molecule has 2 amide bonds. The molecule has 3 aromatic rings. The Bertz CT molecular complexity index is 1330. The average Bonchev–Trinajstić information content (AvgIpc) is 2.89. The summed E-state index contributed by atoms with van der Waals surface area (Å²) in [4.78, 5) is 28.1. The number of nitrogens with zero attached hydrogens (tertiary/aromatic N) is 2. The number of carbonyl (C=O) groups is 2. The lowest BCUT2D eigenvalue weighted by molar-refractivity contribution is -0.141. The van der Waals surface area contributed by atoms with Crippen molar-refractivity contribution < 1.29 is 22.4 Å². The first-order valence-corrected chi connectivity index (χ1v) is 14.3. The Balaban J connectivity index is 1.84. The fourth-order valence-corrected chi connectivity index (χ4v) is 5.36. The highest BCUT2D eigenvalue weighted by Crippen LogP contribution is 2.23. The molecule has 0 saturated heterocycles. The quantitative estimate of drug-likeness (QED) is 0.376. The predicted molar refractivity (Wildman–Crippen MR) is 148 cm³/mol. The molecule has 0 spiro atoms. The van der Waals surface area contributed by atoms with Gasteiger partial charge in [0, 0.05) is 33.0 Å². The normalized spacial score (nSPS) is 12.0. The van der Waals surface area contributed by atoms with Gasteiger partial charge in [-0.05, 0) is 48.2 Å². The SMILES string of the molecule is CNC(=O)C(Cc1ccccc1)N(Cc1ccc(F)cc1)C(=O)CCCN(c1ccccc1C)S(C)(=O)=O. The van der Waals surface area contributed by atoms with Gasteiger partial charge in [0.15, 0.2) is 0 Å². The standard InChI is InChI=1S/C29H34FN3O4S/c1-22-10-7-8-13-26(22)33(38(3,36)37)19-9-14-28(34)32(21-24-15-17-25(30)18-16-24)27(29(35)31-2)20-23-11-5-4-6-12-23/h4-8,10-13,15-18,27H,9,14,19-21H2,1-3H3,(H,31,35). The van der Waals surface area contributed by atoms with Gasteiger partial charge >= 0.3 is 0 Å². The Morgan fingerprint density at radius 3 is 2.16 bits per heavy atom. The summed E-state index contributed by atoms with van der Waals surface area (Å²) < 4.78 is 39.9. The van der Waals surface area contributed by atoms with Gasteiger partial charge in [0.25, 0.3) is 0 Å². The Morgan fingerprint density at radius 2 is 1.55 bits per heavy atom. The van der Waals surface area contributed by atoms with E-state index in [-0.39, 0.29) is 37.7 Å². The van der Waals surface area contributed by atoms with Crippen LogP contribution in [0.15, 0.2) is 78.9 Å². The third-order valence-corrected chi connectivity index (χ3v) is 7.50. The Morgan fingerprint density at radius 1 is 0.921 bits per heavy atom. The fraction of sp³-hybridized carbons (Fsp3) is 0.310. The number of halogens is 1. The molecule has 0 aliphatic heterocycles. The summed E-state index contributed by atoms with van der Waals surface area (Å²) in [6.45, 7) is 2.06. The Labute approximate surface area is 224 Å². The summed E-state index contributed by atoms with van der Waals surface area (Å²) in [5.41, 5.74) is 2.95. The van der Waals surface area contributed by atoms with Crippen LogP contribution in [-0.2, 0) is 32.6 Å². The summed E-state index contributed by atoms with van der Waals surface area (Å²) in [6, 6.07) is 21.6. The van der Waals surface area contributed by atoms with E-state index in [0.717, 1.165) is 17.4 Å². The molecule has 0 aromatic heterocycles. The number of para-hydroxylation sites is 1. The molecule has 202 valence electrons. The number of likely N-dealkylation sites (N-methyl/N-ethyl adjacent to an activating group) is 1. The second-order valence-electron chi connectivity index (χ2n) is 9.19. The van der Waals surface area contributed by atoms with Crippen LogP contribution in [0.25, 0.3) is 0 Å². The minimum absolute atomic E-state index is 0.0291. The molecule has 0 heterocycles. The highest BCUT2D eigenvalue weighted by molar-refractivity contribution is 7.92. The lowest BCUT2D eigenvalue weighted by Gasteiger charge is -2.31. The fourth-order valence-electron chi connectivity index (χ4n) is 4.33. The molecule has 7 nitrogen and oxygen atoms in total. The highest BCUT2D eigenvalue weighted by atomic mass is 32.2. The van der Waals surface area contributed by atoms with Crippen molar-refractivity contribution in [3.05, 3.63) is 101 Å². The number of carbonyl (C=O) groups excluding carboxylic acids is 2. The number of hydrogen-bond donors (Lipinski definition) is 1. The smallest absolute Gasteiger partial charge is 0.242 e. The van der Waals surface area contributed by atoms with Crippen LogP contribution in [0.4, 0.5) is 10.1 Å². The number of benzene rings is 3. The van der Waals surface area contributed by atoms with Gasteiger partial charge in [-0.3, -0.25) is 13.9 Å². The molecule has 0 saturated carbocycles. The van der Waals surface area contributed by atoms with Crippen molar-refractivity contribution >= 4 is 27.5 Å². The van der Waals surface area contributed by atoms with Crippen LogP contribution in [0.1, 0.15) is 29.5 Å². The van der Waals surface area contributed by atoms with Gasteiger partial charge in [-0.15, -0.1) is 0 Å². The first kappa shape index (κ1) is 28.8. The molecular formula is C29H34FN3O4S. The summed E-state index contributed by atoms with van der Waals surface area (Å²) in [5, 5.41) is 2.66. The van der Waals surface area contributed by atoms with Crippen LogP contribution in [0.5, 0.6) is 0 Å². The second kappa shape index (κ2) is 13.2. The average molecular weight is 540 g/mol. The molecular weight excluding hydrogens is 505 g/mol. The largest absolute Gasteiger partial charge is 0.357 e.